The number of phenols is 1. The van der Waals surface area contributed by atoms with Gasteiger partial charge in [0.1, 0.15) is 11.5 Å². The van der Waals surface area contributed by atoms with Gasteiger partial charge in [0.2, 0.25) is 0 Å². The second-order valence-electron chi connectivity index (χ2n) is 5.05. The SMILES string of the molecule is C=C(C)C=COc1ccc(C(=O)/C=C/c2ccccc2)c(O)c1. The van der Waals surface area contributed by atoms with Crippen LogP contribution in [0.2, 0.25) is 0 Å². The predicted molar refractivity (Wildman–Crippen MR) is 92.5 cm³/mol. The summed E-state index contributed by atoms with van der Waals surface area (Å²) in [5, 5.41) is 9.99. The zero-order valence-corrected chi connectivity index (χ0v) is 12.9. The van der Waals surface area contributed by atoms with Crippen molar-refractivity contribution in [1.29, 1.82) is 0 Å². The van der Waals surface area contributed by atoms with E-state index in [1.807, 2.05) is 37.3 Å². The maximum absolute atomic E-state index is 12.1. The fourth-order valence-electron chi connectivity index (χ4n) is 1.85. The Bertz CT molecular complexity index is 756. The molecule has 0 amide bonds. The highest BCUT2D eigenvalue weighted by molar-refractivity contribution is 6.08. The highest BCUT2D eigenvalue weighted by Gasteiger charge is 2.09. The van der Waals surface area contributed by atoms with Gasteiger partial charge in [0, 0.05) is 6.07 Å². The summed E-state index contributed by atoms with van der Waals surface area (Å²) in [7, 11) is 0. The number of benzene rings is 2. The summed E-state index contributed by atoms with van der Waals surface area (Å²) in [4.78, 5) is 12.1. The molecule has 0 unspecified atom stereocenters. The van der Waals surface area contributed by atoms with Crippen molar-refractivity contribution in [2.24, 2.45) is 0 Å². The van der Waals surface area contributed by atoms with Crippen molar-refractivity contribution in [3.05, 3.63) is 90.2 Å². The normalized spacial score (nSPS) is 11.0. The Balaban J connectivity index is 2.09. The lowest BCUT2D eigenvalue weighted by atomic mass is 10.1. The van der Waals surface area contributed by atoms with Crippen molar-refractivity contribution in [1.82, 2.24) is 0 Å². The van der Waals surface area contributed by atoms with E-state index in [1.54, 1.807) is 18.2 Å². The van der Waals surface area contributed by atoms with Crippen molar-refractivity contribution >= 4 is 11.9 Å². The minimum atomic E-state index is -0.268. The van der Waals surface area contributed by atoms with Gasteiger partial charge in [0.15, 0.2) is 5.78 Å². The van der Waals surface area contributed by atoms with E-state index in [-0.39, 0.29) is 17.1 Å². The fraction of sp³-hybridized carbons (Fsp3) is 0.0500. The van der Waals surface area contributed by atoms with E-state index in [9.17, 15) is 9.90 Å². The van der Waals surface area contributed by atoms with Crippen LogP contribution >= 0.6 is 0 Å². The molecular formula is C20H18O3. The van der Waals surface area contributed by atoms with E-state index < -0.39 is 0 Å². The third-order valence-corrected chi connectivity index (χ3v) is 3.02. The predicted octanol–water partition coefficient (Wildman–Crippen LogP) is 4.76. The van der Waals surface area contributed by atoms with Gasteiger partial charge in [0.05, 0.1) is 11.8 Å². The van der Waals surface area contributed by atoms with Gasteiger partial charge in [-0.05, 0) is 36.8 Å². The standard InChI is InChI=1S/C20H18O3/c1-15(2)12-13-23-17-9-10-18(20(22)14-17)19(21)11-8-16-6-4-3-5-7-16/h3-14,22H,1H2,2H3/b11-8+,13-12?. The largest absolute Gasteiger partial charge is 0.507 e. The first-order valence-corrected chi connectivity index (χ1v) is 7.15. The molecule has 3 nitrogen and oxygen atoms in total. The Morgan fingerprint density at radius 3 is 2.52 bits per heavy atom. The van der Waals surface area contributed by atoms with Crippen LogP contribution in [0.4, 0.5) is 0 Å². The van der Waals surface area contributed by atoms with Gasteiger partial charge in [-0.2, -0.15) is 0 Å². The lowest BCUT2D eigenvalue weighted by Crippen LogP contribution is -1.95. The number of hydrogen-bond acceptors (Lipinski definition) is 3. The van der Waals surface area contributed by atoms with Crippen LogP contribution in [-0.4, -0.2) is 10.9 Å². The number of carbonyl (C=O) groups excluding carboxylic acids is 1. The van der Waals surface area contributed by atoms with Crippen LogP contribution in [0.1, 0.15) is 22.8 Å². The van der Waals surface area contributed by atoms with E-state index in [4.69, 9.17) is 4.74 Å². The maximum Gasteiger partial charge on any atom is 0.189 e. The molecule has 3 heteroatoms. The van der Waals surface area contributed by atoms with E-state index in [1.165, 1.54) is 24.5 Å². The Hall–Kier alpha value is -3.07. The molecule has 2 aromatic carbocycles. The molecule has 0 saturated heterocycles. The smallest absolute Gasteiger partial charge is 0.189 e. The lowest BCUT2D eigenvalue weighted by Gasteiger charge is -2.04. The molecule has 0 aliphatic carbocycles. The summed E-state index contributed by atoms with van der Waals surface area (Å²) in [6.45, 7) is 5.56. The molecule has 0 aliphatic heterocycles. The number of hydrogen-bond donors (Lipinski definition) is 1. The van der Waals surface area contributed by atoms with E-state index in [0.29, 0.717) is 5.75 Å². The Morgan fingerprint density at radius 2 is 1.87 bits per heavy atom. The molecule has 0 aliphatic rings. The quantitative estimate of drug-likeness (QED) is 0.362. The number of phenolic OH excluding ortho intramolecular Hbond substituents is 1. The molecule has 23 heavy (non-hydrogen) atoms. The molecule has 0 aromatic heterocycles. The average Bonchev–Trinajstić information content (AvgIpc) is 2.53. The first-order chi connectivity index (χ1) is 11.1. The molecule has 0 radical (unpaired) electrons. The number of ketones is 1. The van der Waals surface area contributed by atoms with Crippen LogP contribution in [0.25, 0.3) is 6.08 Å². The van der Waals surface area contributed by atoms with Gasteiger partial charge < -0.3 is 9.84 Å². The summed E-state index contributed by atoms with van der Waals surface area (Å²) < 4.78 is 5.33. The second kappa shape index (κ2) is 7.80. The van der Waals surface area contributed by atoms with Gasteiger partial charge in [-0.25, -0.2) is 0 Å². The molecular weight excluding hydrogens is 288 g/mol. The van der Waals surface area contributed by atoms with Crippen LogP contribution < -0.4 is 4.74 Å². The maximum atomic E-state index is 12.1. The van der Waals surface area contributed by atoms with E-state index in [0.717, 1.165) is 11.1 Å². The van der Waals surface area contributed by atoms with Gasteiger partial charge in [-0.15, -0.1) is 0 Å². The molecule has 0 spiro atoms. The topological polar surface area (TPSA) is 46.5 Å². The minimum absolute atomic E-state index is 0.117. The number of allylic oxidation sites excluding steroid dienone is 3. The fourth-order valence-corrected chi connectivity index (χ4v) is 1.85. The lowest BCUT2D eigenvalue weighted by molar-refractivity contribution is 0.104. The Morgan fingerprint density at radius 1 is 1.13 bits per heavy atom. The van der Waals surface area contributed by atoms with Gasteiger partial charge in [-0.1, -0.05) is 48.6 Å². The van der Waals surface area contributed by atoms with Crippen molar-refractivity contribution < 1.29 is 14.6 Å². The number of aromatic hydroxyl groups is 1. The Labute approximate surface area is 135 Å². The Kier molecular flexibility index (Phi) is 5.53. The zero-order valence-electron chi connectivity index (χ0n) is 12.9. The summed E-state index contributed by atoms with van der Waals surface area (Å²) >= 11 is 0. The summed E-state index contributed by atoms with van der Waals surface area (Å²) in [5.41, 5.74) is 2.01. The highest BCUT2D eigenvalue weighted by Crippen LogP contribution is 2.24. The monoisotopic (exact) mass is 306 g/mol. The molecule has 116 valence electrons. The number of rotatable bonds is 6. The first-order valence-electron chi connectivity index (χ1n) is 7.15. The first kappa shape index (κ1) is 16.3. The van der Waals surface area contributed by atoms with E-state index in [2.05, 4.69) is 6.58 Å². The second-order valence-corrected chi connectivity index (χ2v) is 5.05. The summed E-state index contributed by atoms with van der Waals surface area (Å²) in [5.74, 6) is 0.0629. The molecule has 0 bridgehead atoms. The third-order valence-electron chi connectivity index (χ3n) is 3.02. The van der Waals surface area contributed by atoms with Gasteiger partial charge in [0.25, 0.3) is 0 Å². The van der Waals surface area contributed by atoms with Crippen molar-refractivity contribution in [2.45, 2.75) is 6.92 Å². The van der Waals surface area contributed by atoms with Crippen molar-refractivity contribution in [3.63, 3.8) is 0 Å². The molecule has 0 fully saturated rings. The van der Waals surface area contributed by atoms with Crippen LogP contribution in [0.3, 0.4) is 0 Å². The molecule has 1 N–H and O–H groups in total. The van der Waals surface area contributed by atoms with Gasteiger partial charge in [-0.3, -0.25) is 4.79 Å². The van der Waals surface area contributed by atoms with Gasteiger partial charge >= 0.3 is 0 Å². The van der Waals surface area contributed by atoms with Crippen LogP contribution in [0.5, 0.6) is 11.5 Å². The average molecular weight is 306 g/mol. The van der Waals surface area contributed by atoms with Crippen LogP contribution in [-0.2, 0) is 0 Å². The third kappa shape index (κ3) is 5.00. The zero-order chi connectivity index (χ0) is 16.7. The van der Waals surface area contributed by atoms with E-state index >= 15 is 0 Å². The highest BCUT2D eigenvalue weighted by atomic mass is 16.5. The van der Waals surface area contributed by atoms with Crippen LogP contribution in [0.15, 0.2) is 79.1 Å². The molecule has 2 rings (SSSR count). The summed E-state index contributed by atoms with van der Waals surface area (Å²) in [6, 6.07) is 14.1. The number of carbonyl (C=O) groups is 1. The van der Waals surface area contributed by atoms with Crippen molar-refractivity contribution in [3.8, 4) is 11.5 Å². The molecule has 0 heterocycles. The molecule has 2 aromatic rings. The number of ether oxygens (including phenoxy) is 1. The minimum Gasteiger partial charge on any atom is -0.507 e. The summed E-state index contributed by atoms with van der Waals surface area (Å²) in [6.07, 6.45) is 6.33. The van der Waals surface area contributed by atoms with Crippen LogP contribution in [0, 0.1) is 0 Å². The molecule has 0 atom stereocenters. The molecule has 0 saturated carbocycles. The van der Waals surface area contributed by atoms with Crippen molar-refractivity contribution in [2.75, 3.05) is 0 Å².